The zero-order valence-corrected chi connectivity index (χ0v) is 40.8. The van der Waals surface area contributed by atoms with Crippen LogP contribution in [0.5, 0.6) is 0 Å². The van der Waals surface area contributed by atoms with Gasteiger partial charge in [-0.25, -0.2) is 0 Å². The lowest BCUT2D eigenvalue weighted by molar-refractivity contribution is -0.277. The number of hydrogen-bond acceptors (Lipinski definition) is 7. The molecule has 364 valence electrons. The highest BCUT2D eigenvalue weighted by molar-refractivity contribution is 5.48. The molecule has 1 saturated heterocycles. The molecule has 7 heteroatoms. The summed E-state index contributed by atoms with van der Waals surface area (Å²) in [6, 6.07) is 69.2. The van der Waals surface area contributed by atoms with Crippen LogP contribution in [0.2, 0.25) is 0 Å². The quantitative estimate of drug-likeness (QED) is 0.0705. The minimum atomic E-state index is -1.01. The fraction of sp³-hybridized carbons (Fsp3) is 0.231. The van der Waals surface area contributed by atoms with Gasteiger partial charge in [-0.15, -0.1) is 0 Å². The van der Waals surface area contributed by atoms with Crippen LogP contribution in [0, 0.1) is 0 Å². The van der Waals surface area contributed by atoms with E-state index < -0.39 is 36.1 Å². The molecule has 7 aromatic carbocycles. The number of aryl methyl sites for hydroxylation is 1. The standard InChI is InChI=1S/C65H62O7/c1-2-51-37-38-53(42-54(51)41-52-29-21-22-36-58(52)59-46-66-39-40-67-59)61-63(69-44-49-25-11-4-12-26-49)64(70-45-50-27-13-5-14-28-50)62(68-43-48-23-9-3-10-24-48)60(72-61)47-71-65(55-30-15-6-16-31-55,56-32-17-7-18-33-56)57-34-19-8-20-35-57/h3-21,23-35,37-40,42,46,60-64H,2,22,36,41,43-45,47H2,1H3/t60-,61+,62-,63+,64+/m1/s1. The highest BCUT2D eigenvalue weighted by atomic mass is 16.6. The summed E-state index contributed by atoms with van der Waals surface area (Å²) in [5.41, 5.74) is 10.9. The normalized spacial score (nSPS) is 19.8. The Hall–Kier alpha value is -7.10. The first-order chi connectivity index (χ1) is 35.7. The number of rotatable bonds is 20. The largest absolute Gasteiger partial charge is 0.466 e. The fourth-order valence-electron chi connectivity index (χ4n) is 10.3. The minimum Gasteiger partial charge on any atom is -0.466 e. The van der Waals surface area contributed by atoms with Crippen LogP contribution in [0.15, 0.2) is 248 Å². The maximum absolute atomic E-state index is 7.66. The van der Waals surface area contributed by atoms with Crippen molar-refractivity contribution in [3.8, 4) is 0 Å². The lowest BCUT2D eigenvalue weighted by Crippen LogP contribution is -2.58. The molecule has 3 aliphatic rings. The van der Waals surface area contributed by atoms with E-state index in [9.17, 15) is 0 Å². The third-order valence-corrected chi connectivity index (χ3v) is 13.9. The third-order valence-electron chi connectivity index (χ3n) is 13.9. The van der Waals surface area contributed by atoms with Gasteiger partial charge in [-0.3, -0.25) is 0 Å². The van der Waals surface area contributed by atoms with Gasteiger partial charge in [0.1, 0.15) is 54.9 Å². The smallest absolute Gasteiger partial charge is 0.165 e. The maximum atomic E-state index is 7.66. The molecular weight excluding hydrogens is 893 g/mol. The first-order valence-corrected chi connectivity index (χ1v) is 25.3. The minimum absolute atomic E-state index is 0.151. The lowest BCUT2D eigenvalue weighted by Gasteiger charge is -2.47. The molecule has 10 rings (SSSR count). The molecule has 5 atom stereocenters. The van der Waals surface area contributed by atoms with Gasteiger partial charge in [0.05, 0.1) is 26.4 Å². The zero-order valence-electron chi connectivity index (χ0n) is 40.8. The van der Waals surface area contributed by atoms with E-state index in [0.717, 1.165) is 69.5 Å². The average Bonchev–Trinajstić information content (AvgIpc) is 3.46. The Morgan fingerprint density at radius 1 is 0.542 bits per heavy atom. The molecule has 0 N–H and O–H groups in total. The van der Waals surface area contributed by atoms with Gasteiger partial charge in [-0.05, 0) is 81.3 Å². The predicted molar refractivity (Wildman–Crippen MR) is 282 cm³/mol. The molecule has 0 radical (unpaired) electrons. The Balaban J connectivity index is 1.10. The monoisotopic (exact) mass is 954 g/mol. The van der Waals surface area contributed by atoms with Gasteiger partial charge in [-0.2, -0.15) is 0 Å². The van der Waals surface area contributed by atoms with Gasteiger partial charge < -0.3 is 33.2 Å². The molecule has 0 saturated carbocycles. The summed E-state index contributed by atoms with van der Waals surface area (Å²) in [5, 5.41) is 0. The van der Waals surface area contributed by atoms with E-state index in [2.05, 4.69) is 146 Å². The molecular formula is C65H62O7. The Bertz CT molecular complexity index is 2820. The van der Waals surface area contributed by atoms with Crippen LogP contribution in [0.4, 0.5) is 0 Å². The Labute approximate surface area is 424 Å². The summed E-state index contributed by atoms with van der Waals surface area (Å²) >= 11 is 0. The van der Waals surface area contributed by atoms with Crippen LogP contribution >= 0.6 is 0 Å². The Kier molecular flexibility index (Phi) is 16.1. The molecule has 0 bridgehead atoms. The van der Waals surface area contributed by atoms with Crippen molar-refractivity contribution in [2.24, 2.45) is 0 Å². The SMILES string of the molecule is CCc1ccc([C@@H]2O[C@H](COC(c3ccccc3)(c3ccccc3)c3ccccc3)[C@@H](OCc3ccccc3)[C@H](OCc3ccccc3)[C@H]2OCc2ccccc2)cc1CC1=C(C2=COC=CO2)CCC=C1. The molecule has 7 aromatic rings. The van der Waals surface area contributed by atoms with Gasteiger partial charge in [0, 0.05) is 5.57 Å². The molecule has 0 amide bonds. The number of benzene rings is 7. The topological polar surface area (TPSA) is 64.6 Å². The van der Waals surface area contributed by atoms with Crippen LogP contribution in [0.1, 0.15) is 75.9 Å². The molecule has 2 heterocycles. The molecule has 0 aromatic heterocycles. The molecule has 1 fully saturated rings. The first-order valence-electron chi connectivity index (χ1n) is 25.3. The molecule has 2 aliphatic heterocycles. The van der Waals surface area contributed by atoms with Crippen LogP contribution in [-0.4, -0.2) is 31.0 Å². The third kappa shape index (κ3) is 11.3. The zero-order chi connectivity index (χ0) is 48.8. The van der Waals surface area contributed by atoms with Gasteiger partial charge in [0.15, 0.2) is 5.76 Å². The van der Waals surface area contributed by atoms with Crippen molar-refractivity contribution < 1.29 is 33.2 Å². The summed E-state index contributed by atoms with van der Waals surface area (Å²) in [4.78, 5) is 0. The van der Waals surface area contributed by atoms with E-state index in [1.807, 2.05) is 72.8 Å². The van der Waals surface area contributed by atoms with E-state index in [1.165, 1.54) is 16.7 Å². The maximum Gasteiger partial charge on any atom is 0.165 e. The summed E-state index contributed by atoms with van der Waals surface area (Å²) in [5.74, 6) is 0.747. The van der Waals surface area contributed by atoms with E-state index in [0.29, 0.717) is 26.2 Å². The first kappa shape index (κ1) is 48.5. The van der Waals surface area contributed by atoms with Crippen molar-refractivity contribution in [1.29, 1.82) is 0 Å². The number of allylic oxidation sites excluding steroid dienone is 4. The molecule has 7 nitrogen and oxygen atoms in total. The van der Waals surface area contributed by atoms with Crippen LogP contribution in [-0.2, 0) is 71.4 Å². The molecule has 0 unspecified atom stereocenters. The van der Waals surface area contributed by atoms with E-state index in [-0.39, 0.29) is 6.61 Å². The van der Waals surface area contributed by atoms with E-state index in [4.69, 9.17) is 33.2 Å². The van der Waals surface area contributed by atoms with Crippen molar-refractivity contribution in [2.75, 3.05) is 6.61 Å². The number of ether oxygens (including phenoxy) is 7. The summed E-state index contributed by atoms with van der Waals surface area (Å²) in [6.07, 6.45) is 9.61. The van der Waals surface area contributed by atoms with Crippen molar-refractivity contribution in [3.05, 3.63) is 298 Å². The number of hydrogen-bond donors (Lipinski definition) is 0. The van der Waals surface area contributed by atoms with E-state index in [1.54, 1.807) is 18.8 Å². The Morgan fingerprint density at radius 3 is 1.57 bits per heavy atom. The van der Waals surface area contributed by atoms with Crippen molar-refractivity contribution in [1.82, 2.24) is 0 Å². The van der Waals surface area contributed by atoms with E-state index >= 15 is 0 Å². The van der Waals surface area contributed by atoms with Crippen molar-refractivity contribution in [2.45, 2.75) is 88.5 Å². The predicted octanol–water partition coefficient (Wildman–Crippen LogP) is 14.0. The second-order valence-corrected chi connectivity index (χ2v) is 18.5. The average molecular weight is 955 g/mol. The highest BCUT2D eigenvalue weighted by Gasteiger charge is 2.50. The van der Waals surface area contributed by atoms with Crippen LogP contribution < -0.4 is 0 Å². The van der Waals surface area contributed by atoms with Crippen molar-refractivity contribution in [3.63, 3.8) is 0 Å². The fourth-order valence-corrected chi connectivity index (χ4v) is 10.3. The van der Waals surface area contributed by atoms with Crippen LogP contribution in [0.3, 0.4) is 0 Å². The second-order valence-electron chi connectivity index (χ2n) is 18.5. The van der Waals surface area contributed by atoms with Crippen LogP contribution in [0.25, 0.3) is 0 Å². The Morgan fingerprint density at radius 2 is 1.06 bits per heavy atom. The second kappa shape index (κ2) is 23.9. The van der Waals surface area contributed by atoms with Crippen molar-refractivity contribution >= 4 is 0 Å². The van der Waals surface area contributed by atoms with Gasteiger partial charge in [0.2, 0.25) is 0 Å². The molecule has 72 heavy (non-hydrogen) atoms. The van der Waals surface area contributed by atoms with Gasteiger partial charge in [0.25, 0.3) is 0 Å². The summed E-state index contributed by atoms with van der Waals surface area (Å²) in [7, 11) is 0. The molecule has 0 spiro atoms. The van der Waals surface area contributed by atoms with Gasteiger partial charge in [-0.1, -0.05) is 219 Å². The molecule has 1 aliphatic carbocycles. The highest BCUT2D eigenvalue weighted by Crippen LogP contribution is 2.44. The summed E-state index contributed by atoms with van der Waals surface area (Å²) < 4.78 is 48.6. The van der Waals surface area contributed by atoms with Gasteiger partial charge >= 0.3 is 0 Å². The lowest BCUT2D eigenvalue weighted by atomic mass is 9.80. The summed E-state index contributed by atoms with van der Waals surface area (Å²) in [6.45, 7) is 3.37.